The molecule has 8 heteroatoms. The number of halogens is 2. The summed E-state index contributed by atoms with van der Waals surface area (Å²) >= 11 is 11.7. The van der Waals surface area contributed by atoms with Gasteiger partial charge in [-0.05, 0) is 48.6 Å². The van der Waals surface area contributed by atoms with Crippen LogP contribution in [0.5, 0.6) is 0 Å². The summed E-state index contributed by atoms with van der Waals surface area (Å²) in [7, 11) is 0. The second-order valence-corrected chi connectivity index (χ2v) is 10.1. The van der Waals surface area contributed by atoms with E-state index in [4.69, 9.17) is 23.2 Å². The van der Waals surface area contributed by atoms with E-state index < -0.39 is 17.9 Å². The van der Waals surface area contributed by atoms with Gasteiger partial charge in [0.05, 0.1) is 23.7 Å². The zero-order valence-corrected chi connectivity index (χ0v) is 20.1. The Morgan fingerprint density at radius 3 is 2.45 bits per heavy atom. The molecule has 3 unspecified atom stereocenters. The van der Waals surface area contributed by atoms with E-state index in [1.165, 1.54) is 4.90 Å². The van der Waals surface area contributed by atoms with Crippen LogP contribution in [0, 0.1) is 24.2 Å². The van der Waals surface area contributed by atoms with Crippen molar-refractivity contribution in [1.82, 2.24) is 0 Å². The second kappa shape index (κ2) is 8.84. The van der Waals surface area contributed by atoms with Crippen molar-refractivity contribution in [2.75, 3.05) is 15.5 Å². The molecule has 1 saturated carbocycles. The van der Waals surface area contributed by atoms with Gasteiger partial charge in [0, 0.05) is 5.69 Å². The van der Waals surface area contributed by atoms with Gasteiger partial charge in [-0.15, -0.1) is 0 Å². The molecule has 0 spiro atoms. The summed E-state index contributed by atoms with van der Waals surface area (Å²) in [5.74, 6) is -1.56. The average molecular weight is 486 g/mol. The number of carbonyl (C=O) groups excluding carboxylic acids is 3. The van der Waals surface area contributed by atoms with Crippen LogP contribution in [-0.2, 0) is 14.4 Å². The maximum atomic E-state index is 13.8. The van der Waals surface area contributed by atoms with Gasteiger partial charge < -0.3 is 10.6 Å². The van der Waals surface area contributed by atoms with Crippen LogP contribution in [0.25, 0.3) is 0 Å². The zero-order valence-electron chi connectivity index (χ0n) is 18.6. The van der Waals surface area contributed by atoms with Crippen molar-refractivity contribution in [2.45, 2.75) is 33.2 Å². The normalized spacial score (nSPS) is 22.6. The SMILES string of the molecule is Cc1ccc(NC(=O)CC2C(=O)Nc3ccccc3N2C(=O)C2C(C=C(Cl)Cl)C2(C)C)cc1. The fourth-order valence-corrected chi connectivity index (χ4v) is 4.79. The number of para-hydroxylation sites is 2. The highest BCUT2D eigenvalue weighted by atomic mass is 35.5. The average Bonchev–Trinajstić information content (AvgIpc) is 3.28. The molecule has 3 amide bonds. The van der Waals surface area contributed by atoms with E-state index in [1.807, 2.05) is 32.9 Å². The number of nitrogens with zero attached hydrogens (tertiary/aromatic N) is 1. The maximum absolute atomic E-state index is 13.8. The minimum Gasteiger partial charge on any atom is -0.326 e. The van der Waals surface area contributed by atoms with Crippen molar-refractivity contribution in [1.29, 1.82) is 0 Å². The number of nitrogens with one attached hydrogen (secondary N) is 2. The summed E-state index contributed by atoms with van der Waals surface area (Å²) in [4.78, 5) is 41.1. The van der Waals surface area contributed by atoms with E-state index in [9.17, 15) is 14.4 Å². The van der Waals surface area contributed by atoms with Crippen LogP contribution in [0.15, 0.2) is 59.1 Å². The van der Waals surface area contributed by atoms with Crippen molar-refractivity contribution < 1.29 is 14.4 Å². The molecule has 1 aliphatic carbocycles. The van der Waals surface area contributed by atoms with Crippen LogP contribution in [0.2, 0.25) is 0 Å². The standard InChI is InChI=1S/C25H25Cl2N3O3/c1-14-8-10-15(11-9-14)28-21(31)13-19-23(32)29-17-6-4-5-7-18(17)30(19)24(33)22-16(12-20(26)27)25(22,2)3/h4-12,16,19,22H,13H2,1-3H3,(H,28,31)(H,29,32). The Hall–Kier alpha value is -2.83. The molecule has 2 aromatic carbocycles. The molecule has 0 radical (unpaired) electrons. The Kier molecular flexibility index (Phi) is 6.25. The quantitative estimate of drug-likeness (QED) is 0.605. The van der Waals surface area contributed by atoms with Crippen molar-refractivity contribution in [3.05, 3.63) is 64.7 Å². The Bertz CT molecular complexity index is 1140. The van der Waals surface area contributed by atoms with Crippen LogP contribution in [0.4, 0.5) is 17.1 Å². The lowest BCUT2D eigenvalue weighted by molar-refractivity contribution is -0.127. The number of rotatable bonds is 5. The van der Waals surface area contributed by atoms with Gasteiger partial charge in [0.25, 0.3) is 0 Å². The molecular weight excluding hydrogens is 461 g/mol. The van der Waals surface area contributed by atoms with Crippen LogP contribution in [-0.4, -0.2) is 23.8 Å². The summed E-state index contributed by atoms with van der Waals surface area (Å²) in [6.45, 7) is 5.88. The largest absolute Gasteiger partial charge is 0.326 e. The highest BCUT2D eigenvalue weighted by Crippen LogP contribution is 2.61. The van der Waals surface area contributed by atoms with Gasteiger partial charge >= 0.3 is 0 Å². The van der Waals surface area contributed by atoms with E-state index >= 15 is 0 Å². The summed E-state index contributed by atoms with van der Waals surface area (Å²) in [6.07, 6.45) is 1.49. The number of fused-ring (bicyclic) bond motifs is 1. The molecule has 6 nitrogen and oxygen atoms in total. The first-order valence-electron chi connectivity index (χ1n) is 10.7. The Labute approximate surface area is 202 Å². The fraction of sp³-hybridized carbons (Fsp3) is 0.320. The number of anilines is 3. The number of allylic oxidation sites excluding steroid dienone is 1. The van der Waals surface area contributed by atoms with E-state index in [0.717, 1.165) is 5.56 Å². The topological polar surface area (TPSA) is 78.5 Å². The molecule has 0 saturated heterocycles. The highest BCUT2D eigenvalue weighted by Gasteiger charge is 2.62. The Morgan fingerprint density at radius 1 is 1.12 bits per heavy atom. The monoisotopic (exact) mass is 485 g/mol. The summed E-state index contributed by atoms with van der Waals surface area (Å²) in [6, 6.07) is 13.5. The Morgan fingerprint density at radius 2 is 1.79 bits per heavy atom. The number of carbonyl (C=O) groups is 3. The van der Waals surface area contributed by atoms with Crippen LogP contribution >= 0.6 is 23.2 Å². The second-order valence-electron chi connectivity index (χ2n) is 9.13. The molecule has 2 aromatic rings. The predicted octanol–water partition coefficient (Wildman–Crippen LogP) is 5.27. The number of aryl methyl sites for hydroxylation is 1. The van der Waals surface area contributed by atoms with E-state index in [0.29, 0.717) is 17.1 Å². The summed E-state index contributed by atoms with van der Waals surface area (Å²) in [5.41, 5.74) is 2.43. The third-order valence-electron chi connectivity index (χ3n) is 6.47. The lowest BCUT2D eigenvalue weighted by Gasteiger charge is -2.36. The first-order chi connectivity index (χ1) is 15.6. The zero-order chi connectivity index (χ0) is 23.9. The lowest BCUT2D eigenvalue weighted by Crippen LogP contribution is -2.53. The molecule has 3 atom stereocenters. The van der Waals surface area contributed by atoms with Crippen LogP contribution in [0.1, 0.15) is 25.8 Å². The summed E-state index contributed by atoms with van der Waals surface area (Å²) in [5, 5.41) is 5.64. The molecule has 0 aromatic heterocycles. The third-order valence-corrected chi connectivity index (χ3v) is 6.72. The van der Waals surface area contributed by atoms with Crippen molar-refractivity contribution in [3.8, 4) is 0 Å². The molecule has 4 rings (SSSR count). The molecule has 2 aliphatic rings. The van der Waals surface area contributed by atoms with Gasteiger partial charge in [-0.3, -0.25) is 19.3 Å². The van der Waals surface area contributed by atoms with Gasteiger partial charge in [0.1, 0.15) is 10.5 Å². The van der Waals surface area contributed by atoms with E-state index in [1.54, 1.807) is 42.5 Å². The fourth-order valence-electron chi connectivity index (χ4n) is 4.52. The van der Waals surface area contributed by atoms with Gasteiger partial charge in [-0.1, -0.05) is 66.9 Å². The third kappa shape index (κ3) is 4.63. The number of amides is 3. The summed E-state index contributed by atoms with van der Waals surface area (Å²) < 4.78 is 0.106. The first-order valence-corrected chi connectivity index (χ1v) is 11.5. The first kappa shape index (κ1) is 23.3. The van der Waals surface area contributed by atoms with E-state index in [2.05, 4.69) is 10.6 Å². The maximum Gasteiger partial charge on any atom is 0.248 e. The molecule has 1 fully saturated rings. The van der Waals surface area contributed by atoms with Gasteiger partial charge in [0.15, 0.2) is 0 Å². The van der Waals surface area contributed by atoms with Crippen LogP contribution < -0.4 is 15.5 Å². The smallest absolute Gasteiger partial charge is 0.248 e. The van der Waals surface area contributed by atoms with Crippen molar-refractivity contribution in [3.63, 3.8) is 0 Å². The van der Waals surface area contributed by atoms with Crippen LogP contribution in [0.3, 0.4) is 0 Å². The lowest BCUT2D eigenvalue weighted by atomic mass is 10.0. The predicted molar refractivity (Wildman–Crippen MR) is 131 cm³/mol. The molecule has 1 heterocycles. The number of benzene rings is 2. The molecule has 33 heavy (non-hydrogen) atoms. The molecular formula is C25H25Cl2N3O3. The molecule has 1 aliphatic heterocycles. The number of hydrogen-bond acceptors (Lipinski definition) is 3. The molecule has 2 N–H and O–H groups in total. The minimum absolute atomic E-state index is 0.106. The highest BCUT2D eigenvalue weighted by molar-refractivity contribution is 6.55. The van der Waals surface area contributed by atoms with Crippen molar-refractivity contribution in [2.24, 2.45) is 17.3 Å². The molecule has 172 valence electrons. The Balaban J connectivity index is 1.63. The van der Waals surface area contributed by atoms with Gasteiger partial charge in [-0.2, -0.15) is 0 Å². The molecule has 0 bridgehead atoms. The number of hydrogen-bond donors (Lipinski definition) is 2. The van der Waals surface area contributed by atoms with Gasteiger partial charge in [-0.25, -0.2) is 0 Å². The van der Waals surface area contributed by atoms with Crippen molar-refractivity contribution >= 4 is 58.0 Å². The minimum atomic E-state index is -0.981. The van der Waals surface area contributed by atoms with Gasteiger partial charge in [0.2, 0.25) is 17.7 Å². The van der Waals surface area contributed by atoms with E-state index in [-0.39, 0.29) is 34.1 Å².